The molecule has 9 heteroatoms. The van der Waals surface area contributed by atoms with Crippen molar-refractivity contribution in [3.63, 3.8) is 0 Å². The van der Waals surface area contributed by atoms with E-state index in [1.54, 1.807) is 0 Å². The maximum Gasteiger partial charge on any atom is 0.256 e. The highest BCUT2D eigenvalue weighted by Crippen LogP contribution is 2.52. The van der Waals surface area contributed by atoms with Gasteiger partial charge in [-0.1, -0.05) is 204 Å². The van der Waals surface area contributed by atoms with Crippen molar-refractivity contribution in [2.45, 2.75) is 41.5 Å². The number of rotatable bonds is 8. The molecule has 0 atom stereocenters. The van der Waals surface area contributed by atoms with E-state index in [0.29, 0.717) is 0 Å². The summed E-state index contributed by atoms with van der Waals surface area (Å²) in [7, 11) is 0. The van der Waals surface area contributed by atoms with Gasteiger partial charge in [-0.25, -0.2) is 0 Å². The summed E-state index contributed by atoms with van der Waals surface area (Å²) < 4.78 is 8.33. The minimum atomic E-state index is -0.224. The van der Waals surface area contributed by atoms with Gasteiger partial charge in [-0.15, -0.1) is 0 Å². The van der Waals surface area contributed by atoms with Crippen LogP contribution < -0.4 is 78.4 Å². The summed E-state index contributed by atoms with van der Waals surface area (Å²) in [6.07, 6.45) is 0. The molecule has 0 aliphatic carbocycles. The number of nitrogens with zero attached hydrogens (tertiary/aromatic N) is 5. The maximum atomic E-state index is 8.33. The zero-order valence-electron chi connectivity index (χ0n) is 52.9. The lowest BCUT2D eigenvalue weighted by atomic mass is 9.29. The van der Waals surface area contributed by atoms with Gasteiger partial charge in [0.2, 0.25) is 0 Å². The summed E-state index contributed by atoms with van der Waals surface area (Å²) in [5.41, 5.74) is 35.1. The predicted molar refractivity (Wildman–Crippen MR) is 395 cm³/mol. The highest BCUT2D eigenvalue weighted by Gasteiger charge is 2.51. The molecule has 0 N–H and O–H groups in total. The Labute approximate surface area is 546 Å². The molecule has 13 aromatic carbocycles. The fourth-order valence-electron chi connectivity index (χ4n) is 16.9. The zero-order valence-corrected chi connectivity index (χ0v) is 52.9. The van der Waals surface area contributed by atoms with Crippen LogP contribution in [0.3, 0.4) is 0 Å². The third-order valence-corrected chi connectivity index (χ3v) is 20.2. The van der Waals surface area contributed by atoms with Crippen LogP contribution >= 0.6 is 0 Å². The molecule has 0 radical (unpaired) electrons. The van der Waals surface area contributed by atoms with Gasteiger partial charge in [0.1, 0.15) is 11.5 Å². The molecule has 0 amide bonds. The Balaban J connectivity index is 0.976. The number of ether oxygens (including phenoxy) is 1. The predicted octanol–water partition coefficient (Wildman–Crippen LogP) is 15.8. The van der Waals surface area contributed by atoms with Crippen LogP contribution in [0.1, 0.15) is 33.4 Å². The number of fused-ring (bicyclic) bond motifs is 11. The van der Waals surface area contributed by atoms with Crippen LogP contribution in [0.5, 0.6) is 11.5 Å². The summed E-state index contributed by atoms with van der Waals surface area (Å²) in [6.45, 7) is 13.1. The molecule has 5 aliphatic heterocycles. The minimum absolute atomic E-state index is 0.179. The first kappa shape index (κ1) is 54.8. The Kier molecular flexibility index (Phi) is 12.5. The average Bonchev–Trinajstić information content (AvgIpc) is 0.684. The molecule has 0 saturated heterocycles. The second kappa shape index (κ2) is 21.2. The van der Waals surface area contributed by atoms with E-state index < -0.39 is 0 Å². The molecule has 440 valence electrons. The van der Waals surface area contributed by atoms with Gasteiger partial charge >= 0.3 is 0 Å². The summed E-state index contributed by atoms with van der Waals surface area (Å²) in [5.74, 6) is 1.76. The highest BCUT2D eigenvalue weighted by molar-refractivity contribution is 7.04. The number of hydrogen-bond donors (Lipinski definition) is 0. The molecular formula is C84H64B3N5O. The number of aryl methyl sites for hydroxylation is 6. The summed E-state index contributed by atoms with van der Waals surface area (Å²) in [4.78, 5) is 12.6. The van der Waals surface area contributed by atoms with Crippen LogP contribution in [-0.2, 0) is 0 Å². The Bertz CT molecular complexity index is 5120. The lowest BCUT2D eigenvalue weighted by Gasteiger charge is -2.47. The third kappa shape index (κ3) is 8.32. The fraction of sp³-hybridized carbons (Fsp3) is 0.0714. The van der Waals surface area contributed by atoms with Crippen molar-refractivity contribution in [2.24, 2.45) is 0 Å². The summed E-state index contributed by atoms with van der Waals surface area (Å²) in [6, 6.07) is 104. The van der Waals surface area contributed by atoms with Crippen LogP contribution in [0.15, 0.2) is 279 Å². The van der Waals surface area contributed by atoms with Crippen LogP contribution in [0.4, 0.5) is 85.3 Å². The Morgan fingerprint density at radius 1 is 0.269 bits per heavy atom. The average molecular weight is 1190 g/mol. The largest absolute Gasteiger partial charge is 0.459 e. The Morgan fingerprint density at radius 3 is 1.12 bits per heavy atom. The molecule has 6 nitrogen and oxygen atoms in total. The normalized spacial score (nSPS) is 13.4. The SMILES string of the molecule is Cc1cc(C)c(B2c3ccccc3N(c3ccccc3)c3cc4c5c(c32)Oc2cc3c(cc2B5c2ccccc2N4c2ccccc2)B2c4ccccc4N(c4ccccc4)c4cc(N(c5ccccc5)c5ccccc5)cc(c42)N3c2c(C)cc(C)cc2C)c(C)c1. The van der Waals surface area contributed by atoms with Crippen molar-refractivity contribution in [1.82, 2.24) is 0 Å². The molecule has 93 heavy (non-hydrogen) atoms. The van der Waals surface area contributed by atoms with Crippen molar-refractivity contribution in [2.75, 3.05) is 24.5 Å². The van der Waals surface area contributed by atoms with Crippen molar-refractivity contribution < 1.29 is 4.74 Å². The molecular weight excluding hydrogens is 1130 g/mol. The van der Waals surface area contributed by atoms with Gasteiger partial charge in [-0.2, -0.15) is 0 Å². The second-order valence-electron chi connectivity index (χ2n) is 25.9. The van der Waals surface area contributed by atoms with Crippen molar-refractivity contribution in [1.29, 1.82) is 0 Å². The highest BCUT2D eigenvalue weighted by atomic mass is 16.5. The van der Waals surface area contributed by atoms with Crippen LogP contribution in [0, 0.1) is 41.5 Å². The third-order valence-electron chi connectivity index (χ3n) is 20.2. The quantitative estimate of drug-likeness (QED) is 0.141. The van der Waals surface area contributed by atoms with E-state index in [4.69, 9.17) is 4.74 Å². The van der Waals surface area contributed by atoms with Gasteiger partial charge < -0.3 is 29.2 Å². The van der Waals surface area contributed by atoms with E-state index in [2.05, 4.69) is 345 Å². The molecule has 0 fully saturated rings. The second-order valence-corrected chi connectivity index (χ2v) is 25.9. The van der Waals surface area contributed by atoms with Gasteiger partial charge in [-0.3, -0.25) is 0 Å². The van der Waals surface area contributed by atoms with Gasteiger partial charge in [0, 0.05) is 80.0 Å². The molecule has 5 heterocycles. The lowest BCUT2D eigenvalue weighted by molar-refractivity contribution is 0.491. The number of anilines is 15. The minimum Gasteiger partial charge on any atom is -0.459 e. The molecule has 0 unspecified atom stereocenters. The molecule has 0 spiro atoms. The van der Waals surface area contributed by atoms with Crippen LogP contribution in [-0.4, -0.2) is 20.1 Å². The van der Waals surface area contributed by atoms with Gasteiger partial charge in [0.15, 0.2) is 0 Å². The molecule has 5 aliphatic rings. The molecule has 0 saturated carbocycles. The fourth-order valence-corrected chi connectivity index (χ4v) is 16.9. The Hall–Kier alpha value is -11.1. The summed E-state index contributed by atoms with van der Waals surface area (Å²) >= 11 is 0. The van der Waals surface area contributed by atoms with Crippen LogP contribution in [0.2, 0.25) is 0 Å². The molecule has 13 aromatic rings. The van der Waals surface area contributed by atoms with Crippen molar-refractivity contribution >= 4 is 155 Å². The monoisotopic (exact) mass is 1190 g/mol. The van der Waals surface area contributed by atoms with Gasteiger partial charge in [0.05, 0.1) is 11.4 Å². The van der Waals surface area contributed by atoms with E-state index in [0.717, 1.165) is 108 Å². The Morgan fingerprint density at radius 2 is 0.645 bits per heavy atom. The molecule has 0 aromatic heterocycles. The van der Waals surface area contributed by atoms with Crippen LogP contribution in [0.25, 0.3) is 0 Å². The van der Waals surface area contributed by atoms with E-state index in [1.807, 2.05) is 0 Å². The summed E-state index contributed by atoms with van der Waals surface area (Å²) in [5, 5.41) is 0. The maximum absolute atomic E-state index is 8.33. The number of benzene rings is 13. The first-order chi connectivity index (χ1) is 45.7. The lowest BCUT2D eigenvalue weighted by Crippen LogP contribution is -2.66. The van der Waals surface area contributed by atoms with Crippen molar-refractivity contribution in [3.8, 4) is 11.5 Å². The van der Waals surface area contributed by atoms with E-state index in [9.17, 15) is 0 Å². The van der Waals surface area contributed by atoms with Crippen molar-refractivity contribution in [3.05, 3.63) is 312 Å². The topological polar surface area (TPSA) is 25.4 Å². The smallest absolute Gasteiger partial charge is 0.256 e. The zero-order chi connectivity index (χ0) is 62.3. The standard InChI is InChI=1S/C84H64B3N5O/c1-53-44-55(3)79(56(4)45-53)87-67-40-24-27-43-72(67)91(63-36-20-11-21-37-63)77-51-76-81-84(82(77)87)93-78-52-73-68(50-69(78)86(81)66-39-23-26-42-71(66)90(76)62-34-18-10-19-35-62)85-65-38-22-25-41-70(65)89(61-32-16-9-17-33-61)74-48-64(88(59-28-12-7-13-29-59)60-30-14-8-15-31-60)49-75(80(74)85)92(73)83-57(5)46-54(2)47-58(83)6/h7-52H,1-6H3. The molecule has 18 rings (SSSR count). The van der Waals surface area contributed by atoms with E-state index in [1.165, 1.54) is 71.6 Å². The first-order valence-corrected chi connectivity index (χ1v) is 32.6. The number of para-hydroxylation sites is 8. The van der Waals surface area contributed by atoms with E-state index in [-0.39, 0.29) is 20.1 Å². The first-order valence-electron chi connectivity index (χ1n) is 32.6. The number of hydrogen-bond acceptors (Lipinski definition) is 6. The molecule has 0 bridgehead atoms. The van der Waals surface area contributed by atoms with E-state index >= 15 is 0 Å². The van der Waals surface area contributed by atoms with Gasteiger partial charge in [-0.05, 0) is 193 Å². The van der Waals surface area contributed by atoms with Gasteiger partial charge in [0.25, 0.3) is 20.1 Å².